The van der Waals surface area contributed by atoms with Gasteiger partial charge in [0.1, 0.15) is 6.04 Å². The van der Waals surface area contributed by atoms with E-state index >= 15 is 0 Å². The minimum absolute atomic E-state index is 0.208. The van der Waals surface area contributed by atoms with Gasteiger partial charge in [0.25, 0.3) is 0 Å². The van der Waals surface area contributed by atoms with Gasteiger partial charge in [-0.25, -0.2) is 0 Å². The molecule has 0 spiro atoms. The van der Waals surface area contributed by atoms with E-state index < -0.39 is 12.1 Å². The Labute approximate surface area is 183 Å². The zero-order valence-corrected chi connectivity index (χ0v) is 18.3. The lowest BCUT2D eigenvalue weighted by molar-refractivity contribution is -0.122. The van der Waals surface area contributed by atoms with Crippen molar-refractivity contribution in [1.82, 2.24) is 5.32 Å². The number of nitrogens with one attached hydrogen (secondary N) is 2. The molecule has 0 saturated heterocycles. The highest BCUT2D eigenvalue weighted by Gasteiger charge is 2.28. The molecule has 3 aromatic rings. The Morgan fingerprint density at radius 2 is 1.61 bits per heavy atom. The van der Waals surface area contributed by atoms with Crippen LogP contribution in [0.25, 0.3) is 0 Å². The number of rotatable bonds is 10. The summed E-state index contributed by atoms with van der Waals surface area (Å²) in [6.07, 6.45) is 2.51. The van der Waals surface area contributed by atoms with Crippen molar-refractivity contribution in [3.63, 3.8) is 0 Å². The molecular weight excluding hydrogens is 388 g/mol. The quantitative estimate of drug-likeness (QED) is 0.453. The predicted octanol–water partition coefficient (Wildman–Crippen LogP) is 5.03. The Bertz CT molecular complexity index is 964. The van der Waals surface area contributed by atoms with Gasteiger partial charge in [-0.1, -0.05) is 61.9 Å². The molecule has 31 heavy (non-hydrogen) atoms. The second kappa shape index (κ2) is 10.6. The molecule has 2 aromatic carbocycles. The van der Waals surface area contributed by atoms with Crippen LogP contribution >= 0.6 is 0 Å². The monoisotopic (exact) mass is 418 g/mol. The molecule has 1 aromatic heterocycles. The highest BCUT2D eigenvalue weighted by molar-refractivity contribution is 6.00. The van der Waals surface area contributed by atoms with E-state index in [4.69, 9.17) is 4.42 Å². The van der Waals surface area contributed by atoms with Gasteiger partial charge in [-0.15, -0.1) is 0 Å². The van der Waals surface area contributed by atoms with Crippen molar-refractivity contribution in [3.8, 4) is 0 Å². The maximum Gasteiger partial charge on any atom is 0.243 e. The number of ketones is 1. The van der Waals surface area contributed by atoms with Gasteiger partial charge in [0, 0.05) is 12.1 Å². The van der Waals surface area contributed by atoms with Crippen LogP contribution in [0.5, 0.6) is 0 Å². The minimum Gasteiger partial charge on any atom is -0.461 e. The molecule has 0 bridgehead atoms. The zero-order chi connectivity index (χ0) is 22.2. The van der Waals surface area contributed by atoms with E-state index in [1.807, 2.05) is 75.4 Å². The average molecular weight is 419 g/mol. The smallest absolute Gasteiger partial charge is 0.243 e. The van der Waals surface area contributed by atoms with Gasteiger partial charge in [0.15, 0.2) is 5.76 Å². The van der Waals surface area contributed by atoms with E-state index in [1.54, 1.807) is 12.1 Å². The molecule has 5 heteroatoms. The molecule has 5 nitrogen and oxygen atoms in total. The normalized spacial score (nSPS) is 12.9. The van der Waals surface area contributed by atoms with Crippen LogP contribution in [-0.4, -0.2) is 23.8 Å². The van der Waals surface area contributed by atoms with Crippen LogP contribution in [0, 0.1) is 12.8 Å². The number of carbonyl (C=O) groups is 2. The van der Waals surface area contributed by atoms with Crippen molar-refractivity contribution in [1.29, 1.82) is 0 Å². The summed E-state index contributed by atoms with van der Waals surface area (Å²) in [7, 11) is 0. The summed E-state index contributed by atoms with van der Waals surface area (Å²) >= 11 is 0. The van der Waals surface area contributed by atoms with Crippen LogP contribution in [-0.2, 0) is 11.2 Å². The fourth-order valence-corrected chi connectivity index (χ4v) is 3.48. The highest BCUT2D eigenvalue weighted by atomic mass is 16.3. The van der Waals surface area contributed by atoms with Gasteiger partial charge >= 0.3 is 0 Å². The van der Waals surface area contributed by atoms with Crippen LogP contribution in [0.1, 0.15) is 41.9 Å². The Morgan fingerprint density at radius 3 is 2.23 bits per heavy atom. The molecule has 162 valence electrons. The second-order valence-corrected chi connectivity index (χ2v) is 8.28. The third-order valence-electron chi connectivity index (χ3n) is 5.10. The summed E-state index contributed by atoms with van der Waals surface area (Å²) in [5, 5.41) is 6.32. The van der Waals surface area contributed by atoms with Crippen molar-refractivity contribution in [2.24, 2.45) is 5.92 Å². The zero-order valence-electron chi connectivity index (χ0n) is 18.3. The first kappa shape index (κ1) is 22.3. The Hall–Kier alpha value is -3.34. The third-order valence-corrected chi connectivity index (χ3v) is 5.10. The molecule has 0 unspecified atom stereocenters. The molecule has 0 aliphatic rings. The summed E-state index contributed by atoms with van der Waals surface area (Å²) < 4.78 is 5.29. The minimum atomic E-state index is -0.642. The predicted molar refractivity (Wildman–Crippen MR) is 123 cm³/mol. The number of furan rings is 1. The summed E-state index contributed by atoms with van der Waals surface area (Å²) in [4.78, 5) is 26.3. The summed E-state index contributed by atoms with van der Waals surface area (Å²) in [6, 6.07) is 19.9. The van der Waals surface area contributed by atoms with Crippen molar-refractivity contribution >= 4 is 17.4 Å². The van der Waals surface area contributed by atoms with Crippen molar-refractivity contribution in [2.75, 3.05) is 5.32 Å². The van der Waals surface area contributed by atoms with Gasteiger partial charge < -0.3 is 15.1 Å². The molecule has 1 amide bonds. The number of anilines is 1. The van der Waals surface area contributed by atoms with Crippen LogP contribution < -0.4 is 10.6 Å². The number of aryl methyl sites for hydroxylation is 1. The summed E-state index contributed by atoms with van der Waals surface area (Å²) in [5.74, 6) is 0.0785. The summed E-state index contributed by atoms with van der Waals surface area (Å²) in [6.45, 7) is 6.08. The summed E-state index contributed by atoms with van der Waals surface area (Å²) in [5.41, 5.74) is 3.05. The molecular formula is C26H30N2O3. The van der Waals surface area contributed by atoms with E-state index in [2.05, 4.69) is 10.6 Å². The standard InChI is InChI=1S/C26H30N2O3/c1-18(2)16-22(25(29)24-10-7-15-31-24)28-26(30)23(17-20-8-5-4-6-9-20)27-21-13-11-19(3)12-14-21/h4-15,18,22-23,27H,16-17H2,1-3H3,(H,28,30)/t22-,23-/m0/s1. The number of Topliss-reactive ketones (excluding diaryl/α,β-unsaturated/α-hetero) is 1. The fourth-order valence-electron chi connectivity index (χ4n) is 3.48. The lowest BCUT2D eigenvalue weighted by atomic mass is 9.97. The van der Waals surface area contributed by atoms with Gasteiger partial charge in [-0.05, 0) is 49.1 Å². The molecule has 0 radical (unpaired) electrons. The Balaban J connectivity index is 1.80. The Kier molecular flexibility index (Phi) is 7.65. The first-order chi connectivity index (χ1) is 14.9. The topological polar surface area (TPSA) is 71.3 Å². The van der Waals surface area contributed by atoms with Gasteiger partial charge in [-0.3, -0.25) is 9.59 Å². The van der Waals surface area contributed by atoms with Crippen molar-refractivity contribution in [3.05, 3.63) is 89.9 Å². The van der Waals surface area contributed by atoms with Gasteiger partial charge in [-0.2, -0.15) is 0 Å². The highest BCUT2D eigenvalue weighted by Crippen LogP contribution is 2.16. The molecule has 0 aliphatic heterocycles. The molecule has 3 rings (SSSR count). The van der Waals surface area contributed by atoms with Crippen molar-refractivity contribution in [2.45, 2.75) is 45.7 Å². The van der Waals surface area contributed by atoms with Crippen molar-refractivity contribution < 1.29 is 14.0 Å². The number of carbonyl (C=O) groups excluding carboxylic acids is 2. The van der Waals surface area contributed by atoms with Crippen LogP contribution in [0.2, 0.25) is 0 Å². The van der Waals surface area contributed by atoms with Gasteiger partial charge in [0.05, 0.1) is 12.3 Å². The Morgan fingerprint density at radius 1 is 0.903 bits per heavy atom. The first-order valence-corrected chi connectivity index (χ1v) is 10.7. The van der Waals surface area contributed by atoms with E-state index in [0.717, 1.165) is 16.8 Å². The SMILES string of the molecule is Cc1ccc(N[C@@H](Cc2ccccc2)C(=O)N[C@@H](CC(C)C)C(=O)c2ccco2)cc1. The first-order valence-electron chi connectivity index (χ1n) is 10.7. The van der Waals surface area contributed by atoms with Crippen LogP contribution in [0.15, 0.2) is 77.4 Å². The lowest BCUT2D eigenvalue weighted by Gasteiger charge is -2.24. The van der Waals surface area contributed by atoms with Crippen LogP contribution in [0.3, 0.4) is 0 Å². The molecule has 1 heterocycles. The van der Waals surface area contributed by atoms with E-state index in [1.165, 1.54) is 6.26 Å². The number of amides is 1. The second-order valence-electron chi connectivity index (χ2n) is 8.28. The van der Waals surface area contributed by atoms with E-state index in [9.17, 15) is 9.59 Å². The molecule has 2 atom stereocenters. The number of hydrogen-bond acceptors (Lipinski definition) is 4. The molecule has 0 fully saturated rings. The fraction of sp³-hybridized carbons (Fsp3) is 0.308. The molecule has 0 saturated carbocycles. The number of benzene rings is 2. The number of hydrogen-bond donors (Lipinski definition) is 2. The van der Waals surface area contributed by atoms with Crippen LogP contribution in [0.4, 0.5) is 5.69 Å². The largest absolute Gasteiger partial charge is 0.461 e. The maximum absolute atomic E-state index is 13.3. The average Bonchev–Trinajstić information content (AvgIpc) is 3.29. The van der Waals surface area contributed by atoms with Gasteiger partial charge in [0.2, 0.25) is 11.7 Å². The lowest BCUT2D eigenvalue weighted by Crippen LogP contribution is -2.49. The molecule has 2 N–H and O–H groups in total. The van der Waals surface area contributed by atoms with E-state index in [0.29, 0.717) is 12.8 Å². The van der Waals surface area contributed by atoms with E-state index in [-0.39, 0.29) is 23.4 Å². The third kappa shape index (κ3) is 6.57. The maximum atomic E-state index is 13.3. The molecule has 0 aliphatic carbocycles.